The monoisotopic (exact) mass is 144 g/mol. The quantitative estimate of drug-likeness (QED) is 0.339. The Bertz CT molecular complexity index is 79.2. The van der Waals surface area contributed by atoms with E-state index < -0.39 is 21.3 Å². The van der Waals surface area contributed by atoms with Gasteiger partial charge in [-0.15, -0.1) is 0 Å². The van der Waals surface area contributed by atoms with E-state index in [1.54, 1.807) is 0 Å². The number of rotatable bonds is 0. The van der Waals surface area contributed by atoms with Crippen molar-refractivity contribution < 1.29 is 21.3 Å². The zero-order valence-electron chi connectivity index (χ0n) is 1.65. The van der Waals surface area contributed by atoms with Crippen LogP contribution in [0.5, 0.6) is 0 Å². The van der Waals surface area contributed by atoms with Crippen LogP contribution < -0.4 is 0 Å². The molecule has 0 aliphatic heterocycles. The molecule has 0 nitrogen and oxygen atoms in total. The van der Waals surface area contributed by atoms with Crippen LogP contribution >= 0.6 is 0 Å². The average molecular weight is 145 g/mol. The summed E-state index contributed by atoms with van der Waals surface area (Å²) in [5.41, 5.74) is 0. The van der Waals surface area contributed by atoms with Gasteiger partial charge in [-0.2, -0.15) is 0 Å². The van der Waals surface area contributed by atoms with Crippen LogP contribution in [0.15, 0.2) is 0 Å². The molecule has 0 amide bonds. The van der Waals surface area contributed by atoms with E-state index in [0.29, 0.717) is 0 Å². The molecule has 0 unspecified atom stereocenters. The van der Waals surface area contributed by atoms with Gasteiger partial charge in [0.1, 0.15) is 0 Å². The summed E-state index contributed by atoms with van der Waals surface area (Å²) in [6.45, 7) is 0. The third-order valence-electron chi connectivity index (χ3n) is 0. The summed E-state index contributed by atoms with van der Waals surface area (Å²) in [4.78, 5) is 0. The van der Waals surface area contributed by atoms with Gasteiger partial charge in [0.05, 0.1) is 0 Å². The van der Waals surface area contributed by atoms with Gasteiger partial charge in [-0.05, 0) is 11.0 Å². The van der Waals surface area contributed by atoms with Crippen LogP contribution in [-0.2, 0) is 21.3 Å². The molecule has 0 radical (unpaired) electrons. The molecule has 0 fully saturated rings. The Morgan fingerprint density at radius 1 is 1.25 bits per heavy atom. The van der Waals surface area contributed by atoms with E-state index in [1.165, 1.54) is 0 Å². The number of hydrogen-bond acceptors (Lipinski definition) is 0. The second-order valence-electron chi connectivity index (χ2n) is 0.167. The molecule has 0 aromatic carbocycles. The predicted octanol–water partition coefficient (Wildman–Crippen LogP) is -2.22. The van der Waals surface area contributed by atoms with Crippen LogP contribution in [0.1, 0.15) is 0 Å². The standard InChI is InChI=1S/2B.H4Si.Zr/h;;1H4;. The van der Waals surface area contributed by atoms with Gasteiger partial charge in [-0.25, -0.2) is 0 Å². The average Bonchev–Trinajstić information content (AvgIpc) is 0.918. The van der Waals surface area contributed by atoms with Crippen LogP contribution in [0.3, 0.4) is 0 Å². The smallest absolute Gasteiger partial charge is 0.0149 e. The molecule has 0 aromatic rings. The molecule has 4 heavy (non-hydrogen) atoms. The molecule has 18 valence electrons. The SMILES string of the molecule is [B]#[Zr]#[B].[SiH4]. The van der Waals surface area contributed by atoms with Gasteiger partial charge in [-0.1, -0.05) is 0 Å². The van der Waals surface area contributed by atoms with Gasteiger partial charge >= 0.3 is 30.8 Å². The van der Waals surface area contributed by atoms with Crippen LogP contribution in [0, 0.1) is 0 Å². The third kappa shape index (κ3) is 10.6. The Labute approximate surface area is 41.8 Å². The van der Waals surface area contributed by atoms with Gasteiger partial charge in [0, 0.05) is 0 Å². The molecular weight excluding hydrogens is 141 g/mol. The summed E-state index contributed by atoms with van der Waals surface area (Å²) in [5.74, 6) is 0. The van der Waals surface area contributed by atoms with Crippen molar-refractivity contribution in [2.24, 2.45) is 0 Å². The second-order valence-corrected chi connectivity index (χ2v) is 0.986. The Balaban J connectivity index is 0. The van der Waals surface area contributed by atoms with Crippen LogP contribution in [0.2, 0.25) is 0 Å². The zero-order chi connectivity index (χ0) is 2.71. The first-order valence-corrected chi connectivity index (χ1v) is 3.42. The van der Waals surface area contributed by atoms with Gasteiger partial charge < -0.3 is 0 Å². The Morgan fingerprint density at radius 2 is 1.25 bits per heavy atom. The van der Waals surface area contributed by atoms with E-state index in [9.17, 15) is 0 Å². The molecule has 0 bridgehead atoms. The van der Waals surface area contributed by atoms with Crippen LogP contribution in [0.25, 0.3) is 0 Å². The molecule has 0 N–H and O–H groups in total. The van der Waals surface area contributed by atoms with Gasteiger partial charge in [-0.3, -0.25) is 0 Å². The molecular formula is H4B2SiZr. The minimum absolute atomic E-state index is 0. The van der Waals surface area contributed by atoms with Crippen LogP contribution in [0.4, 0.5) is 0 Å². The topological polar surface area (TPSA) is 0 Å². The fourth-order valence-corrected chi connectivity index (χ4v) is 0. The largest absolute Gasteiger partial charge is 0.0149 e. The third-order valence-corrected chi connectivity index (χ3v) is 0. The Hall–Kier alpha value is 1.23. The number of hydrogen-bond donors (Lipinski definition) is 0. The molecule has 0 saturated heterocycles. The van der Waals surface area contributed by atoms with Crippen molar-refractivity contribution >= 4 is 20.4 Å². The molecule has 0 rings (SSSR count). The van der Waals surface area contributed by atoms with Crippen molar-refractivity contribution in [3.63, 3.8) is 0 Å². The van der Waals surface area contributed by atoms with E-state index in [-0.39, 0.29) is 11.0 Å². The molecule has 0 spiro atoms. The Morgan fingerprint density at radius 3 is 1.25 bits per heavy atom. The van der Waals surface area contributed by atoms with Crippen molar-refractivity contribution in [1.29, 1.82) is 0 Å². The first-order valence-electron chi connectivity index (χ1n) is 0.577. The van der Waals surface area contributed by atoms with E-state index in [2.05, 4.69) is 0 Å². The predicted molar refractivity (Wildman–Crippen MR) is 22.8 cm³/mol. The maximum Gasteiger partial charge on any atom is -0.0149 e. The van der Waals surface area contributed by atoms with Crippen molar-refractivity contribution in [1.82, 2.24) is 0 Å². The molecule has 0 aliphatic carbocycles. The minimum Gasteiger partial charge on any atom is -0.0149 e. The van der Waals surface area contributed by atoms with Crippen molar-refractivity contribution in [3.8, 4) is 0 Å². The Kier molecular flexibility index (Phi) is 19.9. The van der Waals surface area contributed by atoms with Crippen molar-refractivity contribution in [2.45, 2.75) is 0 Å². The van der Waals surface area contributed by atoms with Gasteiger partial charge in [0.15, 0.2) is 0 Å². The van der Waals surface area contributed by atoms with Gasteiger partial charge in [0.2, 0.25) is 0 Å². The summed E-state index contributed by atoms with van der Waals surface area (Å²) in [6, 6.07) is 0. The van der Waals surface area contributed by atoms with E-state index in [1.807, 2.05) is 0 Å². The van der Waals surface area contributed by atoms with E-state index in [0.717, 1.165) is 0 Å². The maximum atomic E-state index is 4.80. The van der Waals surface area contributed by atoms with Gasteiger partial charge in [0.25, 0.3) is 0 Å². The molecule has 4 heteroatoms. The van der Waals surface area contributed by atoms with Crippen molar-refractivity contribution in [2.75, 3.05) is 0 Å². The minimum atomic E-state index is -0.770. The summed E-state index contributed by atoms with van der Waals surface area (Å²) < 4.78 is 9.59. The van der Waals surface area contributed by atoms with Crippen molar-refractivity contribution in [3.05, 3.63) is 0 Å². The first kappa shape index (κ1) is 8.97. The molecule has 0 aliphatic rings. The summed E-state index contributed by atoms with van der Waals surface area (Å²) >= 11 is -0.770. The van der Waals surface area contributed by atoms with E-state index >= 15 is 0 Å². The fourth-order valence-electron chi connectivity index (χ4n) is 0. The second kappa shape index (κ2) is 8.87. The zero-order valence-corrected chi connectivity index (χ0v) is 4.11. The first-order chi connectivity index (χ1) is 1.41. The van der Waals surface area contributed by atoms with E-state index in [4.69, 9.17) is 9.45 Å². The molecule has 0 heterocycles. The summed E-state index contributed by atoms with van der Waals surface area (Å²) in [7, 11) is 0. The fraction of sp³-hybridized carbons (Fsp3) is 0. The maximum absolute atomic E-state index is 4.80. The molecule has 0 saturated carbocycles. The summed E-state index contributed by atoms with van der Waals surface area (Å²) in [6.07, 6.45) is 0. The molecule has 0 aromatic heterocycles. The summed E-state index contributed by atoms with van der Waals surface area (Å²) in [5, 5.41) is 0. The van der Waals surface area contributed by atoms with Crippen LogP contribution in [-0.4, -0.2) is 20.4 Å². The normalized spacial score (nSPS) is 6.00. The molecule has 0 atom stereocenters.